The number of aryl methyl sites for hydroxylation is 1. The van der Waals surface area contributed by atoms with E-state index in [1.54, 1.807) is 17.7 Å². The monoisotopic (exact) mass is 369 g/mol. The van der Waals surface area contributed by atoms with Gasteiger partial charge in [0.2, 0.25) is 0 Å². The lowest BCUT2D eigenvalue weighted by atomic mass is 10.3. The van der Waals surface area contributed by atoms with Gasteiger partial charge in [-0.25, -0.2) is 9.98 Å². The maximum absolute atomic E-state index is 4.63. The van der Waals surface area contributed by atoms with Crippen molar-refractivity contribution >= 4 is 17.3 Å². The van der Waals surface area contributed by atoms with Gasteiger partial charge in [-0.3, -0.25) is 4.57 Å². The summed E-state index contributed by atoms with van der Waals surface area (Å²) in [5.74, 6) is 1.53. The summed E-state index contributed by atoms with van der Waals surface area (Å²) in [6.45, 7) is 6.06. The van der Waals surface area contributed by atoms with Crippen molar-refractivity contribution in [1.29, 1.82) is 0 Å². The number of nitrogens with one attached hydrogen (secondary N) is 2. The molecule has 0 saturated heterocycles. The number of thiazole rings is 1. The molecule has 0 saturated carbocycles. The molecule has 7 nitrogen and oxygen atoms in total. The van der Waals surface area contributed by atoms with Gasteiger partial charge in [0.1, 0.15) is 17.9 Å². The lowest BCUT2D eigenvalue weighted by Crippen LogP contribution is -2.36. The van der Waals surface area contributed by atoms with Crippen molar-refractivity contribution in [1.82, 2.24) is 30.4 Å². The van der Waals surface area contributed by atoms with E-state index in [9.17, 15) is 0 Å². The molecule has 2 aromatic heterocycles. The molecule has 0 aliphatic carbocycles. The van der Waals surface area contributed by atoms with Gasteiger partial charge in [-0.1, -0.05) is 25.1 Å². The average Bonchev–Trinajstić information content (AvgIpc) is 3.34. The summed E-state index contributed by atoms with van der Waals surface area (Å²) in [6.07, 6.45) is 4.66. The van der Waals surface area contributed by atoms with Crippen LogP contribution in [0.5, 0.6) is 0 Å². The third kappa shape index (κ3) is 4.66. The lowest BCUT2D eigenvalue weighted by molar-refractivity contribution is 0.791. The van der Waals surface area contributed by atoms with Crippen LogP contribution in [0.1, 0.15) is 29.6 Å². The van der Waals surface area contributed by atoms with Gasteiger partial charge in [0.25, 0.3) is 0 Å². The number of guanidine groups is 1. The van der Waals surface area contributed by atoms with Crippen molar-refractivity contribution in [3.8, 4) is 5.69 Å². The molecule has 3 rings (SSSR count). The maximum Gasteiger partial charge on any atom is 0.192 e. The van der Waals surface area contributed by atoms with Gasteiger partial charge < -0.3 is 10.6 Å². The molecule has 8 heteroatoms. The first-order chi connectivity index (χ1) is 12.8. The first-order valence-corrected chi connectivity index (χ1v) is 9.51. The molecule has 0 radical (unpaired) electrons. The molecular weight excluding hydrogens is 346 g/mol. The predicted molar refractivity (Wildman–Crippen MR) is 105 cm³/mol. The van der Waals surface area contributed by atoms with Gasteiger partial charge in [-0.2, -0.15) is 0 Å². The Labute approximate surface area is 157 Å². The number of hydrogen-bond acceptors (Lipinski definition) is 5. The summed E-state index contributed by atoms with van der Waals surface area (Å²) in [5, 5.41) is 15.9. The molecule has 0 unspecified atom stereocenters. The zero-order valence-electron chi connectivity index (χ0n) is 15.0. The number of aromatic nitrogens is 4. The summed E-state index contributed by atoms with van der Waals surface area (Å²) < 4.78 is 1.95. The predicted octanol–water partition coefficient (Wildman–Crippen LogP) is 2.54. The van der Waals surface area contributed by atoms with Crippen molar-refractivity contribution < 1.29 is 0 Å². The minimum atomic E-state index is 0.433. The number of hydrogen-bond donors (Lipinski definition) is 2. The Morgan fingerprint density at radius 3 is 2.77 bits per heavy atom. The van der Waals surface area contributed by atoms with Crippen molar-refractivity contribution in [3.63, 3.8) is 0 Å². The fraction of sp³-hybridized carbons (Fsp3) is 0.333. The molecule has 1 aromatic carbocycles. The molecule has 2 heterocycles. The second-order valence-electron chi connectivity index (χ2n) is 5.58. The Morgan fingerprint density at radius 2 is 2.04 bits per heavy atom. The van der Waals surface area contributed by atoms with E-state index >= 15 is 0 Å². The molecule has 0 atom stereocenters. The molecule has 0 aliphatic heterocycles. The van der Waals surface area contributed by atoms with Gasteiger partial charge in [0, 0.05) is 23.3 Å². The minimum Gasteiger partial charge on any atom is -0.357 e. The second kappa shape index (κ2) is 9.10. The lowest BCUT2D eigenvalue weighted by Gasteiger charge is -2.10. The number of rotatable bonds is 7. The third-order valence-corrected chi connectivity index (χ3v) is 4.87. The Kier molecular flexibility index (Phi) is 6.32. The summed E-state index contributed by atoms with van der Waals surface area (Å²) >= 11 is 1.73. The van der Waals surface area contributed by atoms with Crippen LogP contribution >= 0.6 is 11.3 Å². The third-order valence-electron chi connectivity index (χ3n) is 3.73. The van der Waals surface area contributed by atoms with Crippen molar-refractivity contribution in [2.75, 3.05) is 6.54 Å². The molecule has 0 aliphatic rings. The molecular formula is C18H23N7S. The summed E-state index contributed by atoms with van der Waals surface area (Å²) in [5.41, 5.74) is 1.02. The maximum atomic E-state index is 4.63. The molecule has 3 aromatic rings. The van der Waals surface area contributed by atoms with Gasteiger partial charge in [-0.15, -0.1) is 21.5 Å². The Bertz CT molecular complexity index is 838. The van der Waals surface area contributed by atoms with Gasteiger partial charge >= 0.3 is 0 Å². The van der Waals surface area contributed by atoms with Crippen LogP contribution in [0.25, 0.3) is 5.69 Å². The van der Waals surface area contributed by atoms with E-state index in [4.69, 9.17) is 0 Å². The Morgan fingerprint density at radius 1 is 1.19 bits per heavy atom. The molecule has 0 amide bonds. The van der Waals surface area contributed by atoms with E-state index in [1.165, 1.54) is 4.88 Å². The highest BCUT2D eigenvalue weighted by Crippen LogP contribution is 2.13. The summed E-state index contributed by atoms with van der Waals surface area (Å²) in [6, 6.07) is 10.0. The molecule has 26 heavy (non-hydrogen) atoms. The smallest absolute Gasteiger partial charge is 0.192 e. The zero-order chi connectivity index (χ0) is 18.2. The topological polar surface area (TPSA) is 80.0 Å². The van der Waals surface area contributed by atoms with Crippen LogP contribution in [0.2, 0.25) is 0 Å². The van der Waals surface area contributed by atoms with Crippen LogP contribution in [0.3, 0.4) is 0 Å². The van der Waals surface area contributed by atoms with Crippen LogP contribution in [-0.4, -0.2) is 32.3 Å². The Balaban J connectivity index is 1.67. The van der Waals surface area contributed by atoms with Gasteiger partial charge in [0.15, 0.2) is 11.8 Å². The number of benzene rings is 1. The van der Waals surface area contributed by atoms with Gasteiger partial charge in [-0.05, 0) is 25.5 Å². The highest BCUT2D eigenvalue weighted by atomic mass is 32.1. The minimum absolute atomic E-state index is 0.433. The molecule has 0 fully saturated rings. The van der Waals surface area contributed by atoms with E-state index in [-0.39, 0.29) is 0 Å². The first kappa shape index (κ1) is 18.1. The fourth-order valence-corrected chi connectivity index (χ4v) is 3.22. The zero-order valence-corrected chi connectivity index (χ0v) is 15.8. The quantitative estimate of drug-likeness (QED) is 0.494. The van der Waals surface area contributed by atoms with Crippen LogP contribution < -0.4 is 10.6 Å². The standard InChI is InChI=1S/C18H23N7S/c1-3-15-10-20-17(26-15)12-22-18(19-4-2)21-11-16-24-23-13-25(16)14-8-6-5-7-9-14/h5-10,13H,3-4,11-12H2,1-2H3,(H2,19,21,22). The van der Waals surface area contributed by atoms with E-state index in [0.717, 1.165) is 35.4 Å². The summed E-state index contributed by atoms with van der Waals surface area (Å²) in [4.78, 5) is 10.4. The second-order valence-corrected chi connectivity index (χ2v) is 6.78. The van der Waals surface area contributed by atoms with Crippen LogP contribution in [0, 0.1) is 0 Å². The molecule has 136 valence electrons. The van der Waals surface area contributed by atoms with Crippen LogP contribution in [0.15, 0.2) is 47.8 Å². The van der Waals surface area contributed by atoms with Crippen molar-refractivity contribution in [3.05, 3.63) is 58.6 Å². The Hall–Kier alpha value is -2.74. The van der Waals surface area contributed by atoms with E-state index in [2.05, 4.69) is 37.7 Å². The fourth-order valence-electron chi connectivity index (χ4n) is 2.42. The van der Waals surface area contributed by atoms with E-state index < -0.39 is 0 Å². The van der Waals surface area contributed by atoms with Crippen LogP contribution in [0.4, 0.5) is 0 Å². The van der Waals surface area contributed by atoms with Crippen LogP contribution in [-0.2, 0) is 19.5 Å². The SMILES string of the molecule is CCNC(=NCc1nncn1-c1ccccc1)NCc1ncc(CC)s1. The summed E-state index contributed by atoms with van der Waals surface area (Å²) in [7, 11) is 0. The first-order valence-electron chi connectivity index (χ1n) is 8.70. The highest BCUT2D eigenvalue weighted by molar-refractivity contribution is 7.11. The normalized spacial score (nSPS) is 11.5. The molecule has 0 spiro atoms. The van der Waals surface area contributed by atoms with Crippen molar-refractivity contribution in [2.24, 2.45) is 4.99 Å². The van der Waals surface area contributed by atoms with E-state index in [0.29, 0.717) is 13.1 Å². The molecule has 0 bridgehead atoms. The molecule has 2 N–H and O–H groups in total. The number of aliphatic imine (C=N–C) groups is 1. The number of para-hydroxylation sites is 1. The average molecular weight is 369 g/mol. The largest absolute Gasteiger partial charge is 0.357 e. The van der Waals surface area contributed by atoms with Gasteiger partial charge in [0.05, 0.1) is 6.54 Å². The van der Waals surface area contributed by atoms with E-state index in [1.807, 2.05) is 48.0 Å². The number of nitrogens with zero attached hydrogens (tertiary/aromatic N) is 5. The van der Waals surface area contributed by atoms with Crippen molar-refractivity contribution in [2.45, 2.75) is 33.4 Å². The highest BCUT2D eigenvalue weighted by Gasteiger charge is 2.07.